The Morgan fingerprint density at radius 3 is 2.19 bits per heavy atom. The molecule has 94 valence electrons. The van der Waals surface area contributed by atoms with Crippen molar-refractivity contribution in [2.45, 2.75) is 33.3 Å². The van der Waals surface area contributed by atoms with Gasteiger partial charge in [0.1, 0.15) is 0 Å². The molecule has 0 aromatic carbocycles. The molecule has 5 nitrogen and oxygen atoms in total. The smallest absolute Gasteiger partial charge is 0.310 e. The van der Waals surface area contributed by atoms with Gasteiger partial charge < -0.3 is 14.6 Å². The lowest BCUT2D eigenvalue weighted by Gasteiger charge is -2.25. The maximum atomic E-state index is 11.5. The average molecular weight is 232 g/mol. The molecule has 0 aliphatic heterocycles. The number of carbonyl (C=O) groups excluding carboxylic acids is 1. The molecule has 1 N–H and O–H groups in total. The third-order valence-corrected chi connectivity index (χ3v) is 2.59. The first kappa shape index (κ1) is 14.9. The van der Waals surface area contributed by atoms with Crippen LogP contribution < -0.4 is 0 Å². The highest BCUT2D eigenvalue weighted by atomic mass is 16.5. The molecule has 0 aliphatic rings. The number of carboxylic acids is 1. The number of hydrogen-bond donors (Lipinski definition) is 1. The molecule has 0 amide bonds. The Bertz CT molecular complexity index is 235. The van der Waals surface area contributed by atoms with E-state index in [1.54, 1.807) is 13.8 Å². The molecule has 0 rings (SSSR count). The normalized spacial score (nSPS) is 16.2. The Kier molecular flexibility index (Phi) is 6.72. The lowest BCUT2D eigenvalue weighted by molar-refractivity contribution is -0.162. The van der Waals surface area contributed by atoms with Crippen molar-refractivity contribution in [1.82, 2.24) is 0 Å². The summed E-state index contributed by atoms with van der Waals surface area (Å²) >= 11 is 0. The third-order valence-electron chi connectivity index (χ3n) is 2.59. The van der Waals surface area contributed by atoms with Crippen LogP contribution in [0.15, 0.2) is 0 Å². The minimum absolute atomic E-state index is 0.249. The number of carbonyl (C=O) groups is 2. The molecule has 16 heavy (non-hydrogen) atoms. The molecule has 0 aliphatic carbocycles. The Labute approximate surface area is 95.7 Å². The fourth-order valence-corrected chi connectivity index (χ4v) is 1.68. The molecular formula is C11H20O5. The zero-order valence-electron chi connectivity index (χ0n) is 10.2. The van der Waals surface area contributed by atoms with Gasteiger partial charge in [-0.05, 0) is 13.3 Å². The maximum absolute atomic E-state index is 11.5. The van der Waals surface area contributed by atoms with E-state index in [-0.39, 0.29) is 6.61 Å². The topological polar surface area (TPSA) is 72.8 Å². The number of carboxylic acid groups (broad SMARTS) is 1. The molecule has 0 spiro atoms. The first-order valence-electron chi connectivity index (χ1n) is 5.41. The van der Waals surface area contributed by atoms with Crippen LogP contribution in [0.1, 0.15) is 27.2 Å². The predicted molar refractivity (Wildman–Crippen MR) is 58.0 cm³/mol. The van der Waals surface area contributed by atoms with Gasteiger partial charge >= 0.3 is 11.9 Å². The molecule has 3 unspecified atom stereocenters. The van der Waals surface area contributed by atoms with Gasteiger partial charge in [0.15, 0.2) is 0 Å². The number of hydrogen-bond acceptors (Lipinski definition) is 4. The molecule has 0 heterocycles. The highest BCUT2D eigenvalue weighted by Gasteiger charge is 2.37. The van der Waals surface area contributed by atoms with Crippen LogP contribution in [-0.2, 0) is 19.1 Å². The molecule has 0 saturated carbocycles. The Balaban J connectivity index is 4.76. The van der Waals surface area contributed by atoms with Crippen molar-refractivity contribution in [3.05, 3.63) is 0 Å². The van der Waals surface area contributed by atoms with Crippen molar-refractivity contribution in [3.8, 4) is 0 Å². The largest absolute Gasteiger partial charge is 0.481 e. The Morgan fingerprint density at radius 2 is 1.88 bits per heavy atom. The minimum Gasteiger partial charge on any atom is -0.481 e. The van der Waals surface area contributed by atoms with Gasteiger partial charge in [0.2, 0.25) is 0 Å². The molecule has 0 bridgehead atoms. The molecular weight excluding hydrogens is 212 g/mol. The van der Waals surface area contributed by atoms with Crippen molar-refractivity contribution in [1.29, 1.82) is 0 Å². The fourth-order valence-electron chi connectivity index (χ4n) is 1.68. The van der Waals surface area contributed by atoms with Gasteiger partial charge in [-0.1, -0.05) is 13.8 Å². The lowest BCUT2D eigenvalue weighted by atomic mass is 9.87. The molecule has 3 atom stereocenters. The van der Waals surface area contributed by atoms with E-state index in [9.17, 15) is 9.59 Å². The monoisotopic (exact) mass is 232 g/mol. The van der Waals surface area contributed by atoms with E-state index in [4.69, 9.17) is 14.6 Å². The summed E-state index contributed by atoms with van der Waals surface area (Å²) < 4.78 is 9.90. The number of methoxy groups -OCH3 is 1. The van der Waals surface area contributed by atoms with Crippen LogP contribution in [0.2, 0.25) is 0 Å². The summed E-state index contributed by atoms with van der Waals surface area (Å²) in [7, 11) is 1.45. The van der Waals surface area contributed by atoms with Crippen LogP contribution >= 0.6 is 0 Å². The zero-order chi connectivity index (χ0) is 12.7. The summed E-state index contributed by atoms with van der Waals surface area (Å²) in [5.41, 5.74) is 0. The summed E-state index contributed by atoms with van der Waals surface area (Å²) in [4.78, 5) is 22.6. The Hall–Kier alpha value is -1.10. The van der Waals surface area contributed by atoms with Crippen molar-refractivity contribution in [2.24, 2.45) is 11.8 Å². The van der Waals surface area contributed by atoms with Crippen LogP contribution in [-0.4, -0.2) is 36.9 Å². The number of ether oxygens (including phenoxy) is 2. The number of aliphatic carboxylic acids is 1. The first-order chi connectivity index (χ1) is 7.49. The predicted octanol–water partition coefficient (Wildman–Crippen LogP) is 1.31. The Morgan fingerprint density at radius 1 is 1.31 bits per heavy atom. The van der Waals surface area contributed by atoms with E-state index in [0.29, 0.717) is 6.42 Å². The van der Waals surface area contributed by atoms with Gasteiger partial charge in [0, 0.05) is 7.11 Å². The minimum atomic E-state index is -1.03. The van der Waals surface area contributed by atoms with E-state index < -0.39 is 29.9 Å². The van der Waals surface area contributed by atoms with Crippen molar-refractivity contribution >= 4 is 11.9 Å². The van der Waals surface area contributed by atoms with Crippen molar-refractivity contribution in [2.75, 3.05) is 13.7 Å². The summed E-state index contributed by atoms with van der Waals surface area (Å²) in [6.45, 7) is 5.31. The molecule has 5 heteroatoms. The quantitative estimate of drug-likeness (QED) is 0.670. The highest BCUT2D eigenvalue weighted by molar-refractivity contribution is 5.81. The van der Waals surface area contributed by atoms with E-state index in [2.05, 4.69) is 0 Å². The second-order valence-corrected chi connectivity index (χ2v) is 3.59. The summed E-state index contributed by atoms with van der Waals surface area (Å²) in [5, 5.41) is 9.11. The van der Waals surface area contributed by atoms with Crippen LogP contribution in [0.3, 0.4) is 0 Å². The summed E-state index contributed by atoms with van der Waals surface area (Å²) in [6, 6.07) is 0. The van der Waals surface area contributed by atoms with Gasteiger partial charge in [0.05, 0.1) is 24.5 Å². The van der Waals surface area contributed by atoms with Gasteiger partial charge in [-0.25, -0.2) is 0 Å². The SMILES string of the molecule is CCOC(=O)C(C)C(C(=O)O)C(CC)OC. The second kappa shape index (κ2) is 7.22. The maximum Gasteiger partial charge on any atom is 0.310 e. The number of rotatable bonds is 7. The molecule has 0 saturated heterocycles. The van der Waals surface area contributed by atoms with Crippen LogP contribution in [0, 0.1) is 11.8 Å². The second-order valence-electron chi connectivity index (χ2n) is 3.59. The summed E-state index contributed by atoms with van der Waals surface area (Å²) in [5.74, 6) is -3.10. The van der Waals surface area contributed by atoms with Crippen molar-refractivity contribution in [3.63, 3.8) is 0 Å². The van der Waals surface area contributed by atoms with E-state index in [0.717, 1.165) is 0 Å². The van der Waals surface area contributed by atoms with Gasteiger partial charge in [-0.15, -0.1) is 0 Å². The van der Waals surface area contributed by atoms with E-state index >= 15 is 0 Å². The van der Waals surface area contributed by atoms with Crippen molar-refractivity contribution < 1.29 is 24.2 Å². The van der Waals surface area contributed by atoms with E-state index in [1.165, 1.54) is 7.11 Å². The third kappa shape index (κ3) is 3.81. The first-order valence-corrected chi connectivity index (χ1v) is 5.41. The standard InChI is InChI=1S/C11H20O5/c1-5-8(15-4)9(10(12)13)7(3)11(14)16-6-2/h7-9H,5-6H2,1-4H3,(H,12,13). The van der Waals surface area contributed by atoms with Crippen LogP contribution in [0.5, 0.6) is 0 Å². The van der Waals surface area contributed by atoms with Crippen LogP contribution in [0.4, 0.5) is 0 Å². The van der Waals surface area contributed by atoms with Gasteiger partial charge in [-0.3, -0.25) is 9.59 Å². The molecule has 0 radical (unpaired) electrons. The molecule has 0 aromatic rings. The molecule has 0 aromatic heterocycles. The summed E-state index contributed by atoms with van der Waals surface area (Å²) in [6.07, 6.45) is 0.0638. The lowest BCUT2D eigenvalue weighted by Crippen LogP contribution is -2.38. The highest BCUT2D eigenvalue weighted by Crippen LogP contribution is 2.22. The zero-order valence-corrected chi connectivity index (χ0v) is 10.2. The van der Waals surface area contributed by atoms with Gasteiger partial charge in [0.25, 0.3) is 0 Å². The number of esters is 1. The fraction of sp³-hybridized carbons (Fsp3) is 0.818. The van der Waals surface area contributed by atoms with Crippen LogP contribution in [0.25, 0.3) is 0 Å². The average Bonchev–Trinajstić information content (AvgIpc) is 2.24. The van der Waals surface area contributed by atoms with E-state index in [1.807, 2.05) is 6.92 Å². The molecule has 0 fully saturated rings. The van der Waals surface area contributed by atoms with Gasteiger partial charge in [-0.2, -0.15) is 0 Å².